The van der Waals surface area contributed by atoms with Crippen LogP contribution in [0, 0.1) is 0 Å². The van der Waals surface area contributed by atoms with Gasteiger partial charge < -0.3 is 13.3 Å². The van der Waals surface area contributed by atoms with Gasteiger partial charge in [0.1, 0.15) is 0 Å². The second-order valence-electron chi connectivity index (χ2n) is 5.31. The Bertz CT molecular complexity index is 206. The highest BCUT2D eigenvalue weighted by molar-refractivity contribution is 6.60. The minimum Gasteiger partial charge on any atom is -0.374 e. The summed E-state index contributed by atoms with van der Waals surface area (Å²) in [5, 5.41) is 0. The Morgan fingerprint density at radius 1 is 0.895 bits per heavy atom. The molecule has 0 radical (unpaired) electrons. The fraction of sp³-hybridized carbons (Fsp3) is 1.00. The Morgan fingerprint density at radius 3 is 1.84 bits per heavy atom. The molecule has 0 rings (SSSR count). The van der Waals surface area contributed by atoms with Gasteiger partial charge in [0.05, 0.1) is 5.60 Å². The van der Waals surface area contributed by atoms with E-state index in [2.05, 4.69) is 27.7 Å². The second-order valence-corrected chi connectivity index (χ2v) is 7.96. The minimum absolute atomic E-state index is 0.109. The Labute approximate surface area is 121 Å². The van der Waals surface area contributed by atoms with Crippen LogP contribution in [0.1, 0.15) is 73.6 Å². The first-order valence-electron chi connectivity index (χ1n) is 7.99. The summed E-state index contributed by atoms with van der Waals surface area (Å²) in [4.78, 5) is 0. The lowest BCUT2D eigenvalue weighted by Crippen LogP contribution is -2.52. The Kier molecular flexibility index (Phi) is 9.97. The summed E-state index contributed by atoms with van der Waals surface area (Å²) in [7, 11) is -2.50. The lowest BCUT2D eigenvalue weighted by atomic mass is 9.97. The topological polar surface area (TPSA) is 27.7 Å². The van der Waals surface area contributed by atoms with E-state index in [9.17, 15) is 0 Å². The molecule has 0 heterocycles. The molecule has 0 aliphatic carbocycles. The van der Waals surface area contributed by atoms with Crippen LogP contribution in [0.5, 0.6) is 0 Å². The van der Waals surface area contributed by atoms with Crippen molar-refractivity contribution in [2.45, 2.75) is 85.3 Å². The maximum absolute atomic E-state index is 6.49. The van der Waals surface area contributed by atoms with Crippen LogP contribution in [0.15, 0.2) is 0 Å². The summed E-state index contributed by atoms with van der Waals surface area (Å²) >= 11 is 0. The predicted octanol–water partition coefficient (Wildman–Crippen LogP) is 4.78. The van der Waals surface area contributed by atoms with Crippen molar-refractivity contribution in [3.05, 3.63) is 0 Å². The van der Waals surface area contributed by atoms with E-state index in [1.165, 1.54) is 12.8 Å². The molecule has 4 heteroatoms. The van der Waals surface area contributed by atoms with Crippen molar-refractivity contribution in [3.8, 4) is 0 Å². The molecule has 0 aliphatic heterocycles. The molecule has 0 bridgehead atoms. The van der Waals surface area contributed by atoms with Crippen molar-refractivity contribution < 1.29 is 13.3 Å². The first-order valence-corrected chi connectivity index (χ1v) is 9.92. The van der Waals surface area contributed by atoms with Crippen molar-refractivity contribution >= 4 is 8.80 Å². The molecule has 0 aromatic rings. The third-order valence-corrected chi connectivity index (χ3v) is 6.87. The molecule has 0 saturated heterocycles. The SMILES string of the molecule is CCCCC(C)(CC)O[Si](CCC)(OCC)OCC. The third kappa shape index (κ3) is 6.89. The minimum atomic E-state index is -2.50. The predicted molar refractivity (Wildman–Crippen MR) is 83.4 cm³/mol. The third-order valence-electron chi connectivity index (χ3n) is 3.49. The van der Waals surface area contributed by atoms with Crippen LogP contribution in [-0.2, 0) is 13.3 Å². The summed E-state index contributed by atoms with van der Waals surface area (Å²) in [6.07, 6.45) is 5.52. The fourth-order valence-corrected chi connectivity index (χ4v) is 5.35. The van der Waals surface area contributed by atoms with Gasteiger partial charge in [0, 0.05) is 19.3 Å². The zero-order chi connectivity index (χ0) is 14.8. The lowest BCUT2D eigenvalue weighted by Gasteiger charge is -2.39. The standard InChI is InChI=1S/C15H34O3Si/c1-7-12-13-15(6,9-3)18-19(14-8-2,16-10-4)17-11-5/h7-14H2,1-6H3. The van der Waals surface area contributed by atoms with Crippen molar-refractivity contribution in [2.75, 3.05) is 13.2 Å². The molecule has 0 aromatic heterocycles. The second kappa shape index (κ2) is 9.92. The Hall–Kier alpha value is 0.0969. The van der Waals surface area contributed by atoms with Crippen molar-refractivity contribution in [3.63, 3.8) is 0 Å². The maximum atomic E-state index is 6.49. The van der Waals surface area contributed by atoms with E-state index >= 15 is 0 Å². The number of hydrogen-bond acceptors (Lipinski definition) is 3. The van der Waals surface area contributed by atoms with Gasteiger partial charge in [0.25, 0.3) is 0 Å². The summed E-state index contributed by atoms with van der Waals surface area (Å²) in [6.45, 7) is 14.2. The van der Waals surface area contributed by atoms with Gasteiger partial charge in [-0.2, -0.15) is 0 Å². The van der Waals surface area contributed by atoms with Crippen LogP contribution in [0.4, 0.5) is 0 Å². The fourth-order valence-electron chi connectivity index (χ4n) is 2.27. The molecule has 116 valence electrons. The van der Waals surface area contributed by atoms with E-state index in [-0.39, 0.29) is 5.60 Å². The number of rotatable bonds is 12. The smallest absolute Gasteiger partial charge is 0.374 e. The van der Waals surface area contributed by atoms with Gasteiger partial charge in [0.15, 0.2) is 0 Å². The van der Waals surface area contributed by atoms with Crippen LogP contribution in [-0.4, -0.2) is 27.6 Å². The van der Waals surface area contributed by atoms with Crippen LogP contribution in [0.2, 0.25) is 6.04 Å². The number of unbranched alkanes of at least 4 members (excludes halogenated alkanes) is 1. The molecule has 1 unspecified atom stereocenters. The van der Waals surface area contributed by atoms with Crippen molar-refractivity contribution in [2.24, 2.45) is 0 Å². The first kappa shape index (κ1) is 19.1. The molecular weight excluding hydrogens is 256 g/mol. The Balaban J connectivity index is 4.90. The van der Waals surface area contributed by atoms with Crippen LogP contribution < -0.4 is 0 Å². The normalized spacial score (nSPS) is 15.5. The molecule has 0 N–H and O–H groups in total. The monoisotopic (exact) mass is 290 g/mol. The average Bonchev–Trinajstić information content (AvgIpc) is 2.37. The van der Waals surface area contributed by atoms with E-state index in [4.69, 9.17) is 13.3 Å². The summed E-state index contributed by atoms with van der Waals surface area (Å²) in [6, 6.07) is 0.913. The molecule has 0 saturated carbocycles. The van der Waals surface area contributed by atoms with Gasteiger partial charge in [-0.1, -0.05) is 40.0 Å². The zero-order valence-corrected chi connectivity index (χ0v) is 14.9. The van der Waals surface area contributed by atoms with Crippen LogP contribution >= 0.6 is 0 Å². The van der Waals surface area contributed by atoms with Gasteiger partial charge in [0.2, 0.25) is 0 Å². The van der Waals surface area contributed by atoms with E-state index in [1.807, 2.05) is 13.8 Å². The van der Waals surface area contributed by atoms with Gasteiger partial charge >= 0.3 is 8.80 Å². The molecule has 0 aromatic carbocycles. The summed E-state index contributed by atoms with van der Waals surface area (Å²) in [5.41, 5.74) is -0.109. The van der Waals surface area contributed by atoms with Crippen LogP contribution in [0.25, 0.3) is 0 Å². The van der Waals surface area contributed by atoms with Crippen molar-refractivity contribution in [1.82, 2.24) is 0 Å². The van der Waals surface area contributed by atoms with E-state index in [0.29, 0.717) is 13.2 Å². The molecule has 0 fully saturated rings. The lowest BCUT2D eigenvalue weighted by molar-refractivity contribution is -0.0279. The number of hydrogen-bond donors (Lipinski definition) is 0. The molecule has 19 heavy (non-hydrogen) atoms. The summed E-state index contributed by atoms with van der Waals surface area (Å²) < 4.78 is 18.5. The quantitative estimate of drug-likeness (QED) is 0.484. The van der Waals surface area contributed by atoms with Gasteiger partial charge in [-0.15, -0.1) is 0 Å². The maximum Gasteiger partial charge on any atom is 0.501 e. The van der Waals surface area contributed by atoms with Gasteiger partial charge in [-0.25, -0.2) is 0 Å². The molecule has 3 nitrogen and oxygen atoms in total. The molecule has 0 amide bonds. The zero-order valence-electron chi connectivity index (χ0n) is 13.9. The molecule has 1 atom stereocenters. The van der Waals surface area contributed by atoms with Crippen molar-refractivity contribution in [1.29, 1.82) is 0 Å². The highest BCUT2D eigenvalue weighted by atomic mass is 28.4. The highest BCUT2D eigenvalue weighted by Crippen LogP contribution is 2.30. The summed E-state index contributed by atoms with van der Waals surface area (Å²) in [5.74, 6) is 0. The van der Waals surface area contributed by atoms with E-state index in [1.54, 1.807) is 0 Å². The highest BCUT2D eigenvalue weighted by Gasteiger charge is 2.45. The molecule has 0 aliphatic rings. The van der Waals surface area contributed by atoms with Gasteiger partial charge in [-0.05, 0) is 33.6 Å². The van der Waals surface area contributed by atoms with Gasteiger partial charge in [-0.3, -0.25) is 0 Å². The molecular formula is C15H34O3Si. The average molecular weight is 291 g/mol. The van der Waals surface area contributed by atoms with Crippen LogP contribution in [0.3, 0.4) is 0 Å². The van der Waals surface area contributed by atoms with E-state index < -0.39 is 8.80 Å². The molecule has 0 spiro atoms. The van der Waals surface area contributed by atoms with E-state index in [0.717, 1.165) is 25.3 Å². The Morgan fingerprint density at radius 2 is 1.47 bits per heavy atom. The largest absolute Gasteiger partial charge is 0.501 e. The first-order chi connectivity index (χ1) is 9.01.